The van der Waals surface area contributed by atoms with Crippen LogP contribution in [0, 0.1) is 13.8 Å². The van der Waals surface area contributed by atoms with Crippen molar-refractivity contribution in [3.8, 4) is 0 Å². The third-order valence-corrected chi connectivity index (χ3v) is 6.60. The molecule has 3 rings (SSSR count). The van der Waals surface area contributed by atoms with Crippen LogP contribution in [0.25, 0.3) is 0 Å². The van der Waals surface area contributed by atoms with E-state index in [9.17, 15) is 22.8 Å². The average Bonchev–Trinajstić information content (AvgIpc) is 2.84. The molecule has 0 fully saturated rings. The molecule has 182 valence electrons. The van der Waals surface area contributed by atoms with Gasteiger partial charge in [0, 0.05) is 16.9 Å². The SMILES string of the molecule is COC(=O)c1cc(NC(=O)c2ccc(C)c(S(=O)(=O)Nc3ccc(C)cc3)c2)cc(C(=O)OC)c1. The third-order valence-electron chi connectivity index (χ3n) is 5.08. The van der Waals surface area contributed by atoms with E-state index in [0.717, 1.165) is 5.56 Å². The number of nitrogens with one attached hydrogen (secondary N) is 2. The second-order valence-corrected chi connectivity index (χ2v) is 9.34. The smallest absolute Gasteiger partial charge is 0.337 e. The van der Waals surface area contributed by atoms with Crippen LogP contribution in [-0.2, 0) is 19.5 Å². The van der Waals surface area contributed by atoms with Gasteiger partial charge in [-0.1, -0.05) is 23.8 Å². The van der Waals surface area contributed by atoms with E-state index in [1.165, 1.54) is 50.6 Å². The summed E-state index contributed by atoms with van der Waals surface area (Å²) in [6.45, 7) is 3.51. The minimum atomic E-state index is -3.98. The number of benzene rings is 3. The van der Waals surface area contributed by atoms with Gasteiger partial charge in [0.15, 0.2) is 0 Å². The van der Waals surface area contributed by atoms with Crippen LogP contribution < -0.4 is 10.0 Å². The van der Waals surface area contributed by atoms with Crippen molar-refractivity contribution in [2.45, 2.75) is 18.7 Å². The molecule has 0 radical (unpaired) electrons. The summed E-state index contributed by atoms with van der Waals surface area (Å²) < 4.78 is 37.9. The number of aryl methyl sites for hydroxylation is 2. The molecule has 2 N–H and O–H groups in total. The maximum atomic E-state index is 13.0. The first kappa shape index (κ1) is 25.4. The molecule has 0 aromatic heterocycles. The summed E-state index contributed by atoms with van der Waals surface area (Å²) in [5.41, 5.74) is 2.06. The molecule has 0 aliphatic carbocycles. The summed E-state index contributed by atoms with van der Waals surface area (Å²) in [4.78, 5) is 36.8. The summed E-state index contributed by atoms with van der Waals surface area (Å²) in [5.74, 6) is -2.07. The predicted molar refractivity (Wildman–Crippen MR) is 130 cm³/mol. The van der Waals surface area contributed by atoms with Crippen molar-refractivity contribution in [3.05, 3.63) is 88.5 Å². The summed E-state index contributed by atoms with van der Waals surface area (Å²) in [6.07, 6.45) is 0. The van der Waals surface area contributed by atoms with E-state index in [1.54, 1.807) is 31.2 Å². The minimum Gasteiger partial charge on any atom is -0.465 e. The highest BCUT2D eigenvalue weighted by Crippen LogP contribution is 2.23. The molecule has 0 aliphatic rings. The van der Waals surface area contributed by atoms with Crippen molar-refractivity contribution >= 4 is 39.2 Å². The van der Waals surface area contributed by atoms with Crippen LogP contribution in [0.2, 0.25) is 0 Å². The van der Waals surface area contributed by atoms with Crippen molar-refractivity contribution in [2.75, 3.05) is 24.3 Å². The van der Waals surface area contributed by atoms with Crippen molar-refractivity contribution in [3.63, 3.8) is 0 Å². The lowest BCUT2D eigenvalue weighted by Crippen LogP contribution is -2.17. The first-order valence-corrected chi connectivity index (χ1v) is 11.9. The van der Waals surface area contributed by atoms with Crippen molar-refractivity contribution in [1.29, 1.82) is 0 Å². The van der Waals surface area contributed by atoms with E-state index in [1.807, 2.05) is 6.92 Å². The molecule has 1 amide bonds. The van der Waals surface area contributed by atoms with Gasteiger partial charge >= 0.3 is 11.9 Å². The lowest BCUT2D eigenvalue weighted by Gasteiger charge is -2.13. The molecule has 0 saturated carbocycles. The van der Waals surface area contributed by atoms with Crippen LogP contribution in [0.15, 0.2) is 65.6 Å². The molecule has 0 unspecified atom stereocenters. The van der Waals surface area contributed by atoms with Crippen LogP contribution >= 0.6 is 0 Å². The molecule has 3 aromatic rings. The first-order chi connectivity index (χ1) is 16.5. The Morgan fingerprint density at radius 3 is 1.83 bits per heavy atom. The Bertz CT molecular complexity index is 1360. The number of amides is 1. The number of esters is 2. The van der Waals surface area contributed by atoms with E-state index in [4.69, 9.17) is 9.47 Å². The van der Waals surface area contributed by atoms with E-state index in [2.05, 4.69) is 10.0 Å². The Kier molecular flexibility index (Phi) is 7.55. The molecule has 0 bridgehead atoms. The van der Waals surface area contributed by atoms with Crippen LogP contribution in [0.3, 0.4) is 0 Å². The topological polar surface area (TPSA) is 128 Å². The second-order valence-electron chi connectivity index (χ2n) is 7.69. The molecule has 0 spiro atoms. The number of methoxy groups -OCH3 is 2. The Hall–Kier alpha value is -4.18. The standard InChI is InChI=1S/C25H24N2O7S/c1-15-5-9-20(10-6-15)27-35(31,32)22-14-17(8-7-16(22)2)23(28)26-21-12-18(24(29)33-3)11-19(13-21)25(30)34-4/h5-14,27H,1-4H3,(H,26,28). The average molecular weight is 497 g/mol. The molecule has 0 heterocycles. The zero-order valence-electron chi connectivity index (χ0n) is 19.5. The fourth-order valence-electron chi connectivity index (χ4n) is 3.24. The molecular formula is C25H24N2O7S. The van der Waals surface area contributed by atoms with Gasteiger partial charge in [0.1, 0.15) is 0 Å². The van der Waals surface area contributed by atoms with Crippen molar-refractivity contribution in [1.82, 2.24) is 0 Å². The van der Waals surface area contributed by atoms with Gasteiger partial charge in [-0.3, -0.25) is 9.52 Å². The lowest BCUT2D eigenvalue weighted by molar-refractivity contribution is 0.0598. The zero-order chi connectivity index (χ0) is 25.8. The molecule has 3 aromatic carbocycles. The number of hydrogen-bond acceptors (Lipinski definition) is 7. The molecule has 0 aliphatic heterocycles. The summed E-state index contributed by atoms with van der Waals surface area (Å²) in [6, 6.07) is 15.0. The molecule has 10 heteroatoms. The van der Waals surface area contributed by atoms with Crippen LogP contribution in [-0.4, -0.2) is 40.5 Å². The number of anilines is 2. The van der Waals surface area contributed by atoms with Crippen LogP contribution in [0.1, 0.15) is 42.2 Å². The number of sulfonamides is 1. The normalized spacial score (nSPS) is 10.9. The number of carbonyl (C=O) groups is 3. The summed E-state index contributed by atoms with van der Waals surface area (Å²) >= 11 is 0. The molecule has 9 nitrogen and oxygen atoms in total. The van der Waals surface area contributed by atoms with Gasteiger partial charge in [0.2, 0.25) is 0 Å². The van der Waals surface area contributed by atoms with E-state index >= 15 is 0 Å². The summed E-state index contributed by atoms with van der Waals surface area (Å²) in [7, 11) is -1.61. The lowest BCUT2D eigenvalue weighted by atomic mass is 10.1. The highest BCUT2D eigenvalue weighted by Gasteiger charge is 2.20. The largest absolute Gasteiger partial charge is 0.465 e. The third kappa shape index (κ3) is 6.04. The second kappa shape index (κ2) is 10.4. The van der Waals surface area contributed by atoms with Gasteiger partial charge in [-0.25, -0.2) is 18.0 Å². The summed E-state index contributed by atoms with van der Waals surface area (Å²) in [5, 5.41) is 2.58. The molecule has 0 saturated heterocycles. The Labute approximate surface area is 203 Å². The van der Waals surface area contributed by atoms with Gasteiger partial charge in [-0.05, 0) is 61.9 Å². The zero-order valence-corrected chi connectivity index (χ0v) is 20.4. The predicted octanol–water partition coefficient (Wildman–Crippen LogP) is 3.93. The fraction of sp³-hybridized carbons (Fsp3) is 0.160. The van der Waals surface area contributed by atoms with Gasteiger partial charge in [0.05, 0.1) is 30.2 Å². The molecule has 0 atom stereocenters. The number of hydrogen-bond donors (Lipinski definition) is 2. The quantitative estimate of drug-likeness (QED) is 0.474. The van der Waals surface area contributed by atoms with Crippen molar-refractivity contribution < 1.29 is 32.3 Å². The Morgan fingerprint density at radius 2 is 1.29 bits per heavy atom. The number of carbonyl (C=O) groups excluding carboxylic acids is 3. The van der Waals surface area contributed by atoms with Gasteiger partial charge in [-0.2, -0.15) is 0 Å². The Morgan fingerprint density at radius 1 is 0.714 bits per heavy atom. The van der Waals surface area contributed by atoms with E-state index in [-0.39, 0.29) is 27.3 Å². The number of rotatable bonds is 7. The van der Waals surface area contributed by atoms with Gasteiger partial charge < -0.3 is 14.8 Å². The maximum absolute atomic E-state index is 13.0. The first-order valence-electron chi connectivity index (χ1n) is 10.4. The van der Waals surface area contributed by atoms with E-state index in [0.29, 0.717) is 11.3 Å². The fourth-order valence-corrected chi connectivity index (χ4v) is 4.57. The highest BCUT2D eigenvalue weighted by atomic mass is 32.2. The molecular weight excluding hydrogens is 472 g/mol. The monoisotopic (exact) mass is 496 g/mol. The van der Waals surface area contributed by atoms with E-state index < -0.39 is 27.9 Å². The van der Waals surface area contributed by atoms with Crippen LogP contribution in [0.5, 0.6) is 0 Å². The number of ether oxygens (including phenoxy) is 2. The minimum absolute atomic E-state index is 0.0279. The van der Waals surface area contributed by atoms with Crippen molar-refractivity contribution in [2.24, 2.45) is 0 Å². The maximum Gasteiger partial charge on any atom is 0.337 e. The highest BCUT2D eigenvalue weighted by molar-refractivity contribution is 7.92. The van der Waals surface area contributed by atoms with Crippen LogP contribution in [0.4, 0.5) is 11.4 Å². The van der Waals surface area contributed by atoms with Gasteiger partial charge in [-0.15, -0.1) is 0 Å². The molecule has 35 heavy (non-hydrogen) atoms. The van der Waals surface area contributed by atoms with Gasteiger partial charge in [0.25, 0.3) is 15.9 Å². The Balaban J connectivity index is 1.92.